The predicted octanol–water partition coefficient (Wildman–Crippen LogP) is 4.46. The smallest absolute Gasteiger partial charge is 0.305 e. The monoisotopic (exact) mass is 303 g/mol. The van der Waals surface area contributed by atoms with E-state index >= 15 is 0 Å². The Morgan fingerprint density at radius 1 is 1.16 bits per heavy atom. The molecule has 1 rings (SSSR count). The number of nitrogens with zero attached hydrogens (tertiary/aromatic N) is 1. The van der Waals surface area contributed by atoms with E-state index < -0.39 is 5.97 Å². The van der Waals surface area contributed by atoms with Crippen molar-refractivity contribution < 1.29 is 9.90 Å². The van der Waals surface area contributed by atoms with Crippen LogP contribution in [0.1, 0.15) is 32.6 Å². The molecule has 0 bridgehead atoms. The lowest BCUT2D eigenvalue weighted by Crippen LogP contribution is -2.27. The second-order valence-corrected chi connectivity index (χ2v) is 5.34. The molecule has 5 heteroatoms. The Bertz CT molecular complexity index is 404. The van der Waals surface area contributed by atoms with Gasteiger partial charge in [-0.25, -0.2) is 0 Å². The van der Waals surface area contributed by atoms with Crippen molar-refractivity contribution in [3.8, 4) is 0 Å². The van der Waals surface area contributed by atoms with Gasteiger partial charge in [0.2, 0.25) is 0 Å². The lowest BCUT2D eigenvalue weighted by Gasteiger charge is -2.24. The van der Waals surface area contributed by atoms with Gasteiger partial charge >= 0.3 is 5.97 Å². The second-order valence-electron chi connectivity index (χ2n) is 4.47. The highest BCUT2D eigenvalue weighted by Crippen LogP contribution is 2.26. The minimum absolute atomic E-state index is 0.107. The number of benzene rings is 1. The fourth-order valence-electron chi connectivity index (χ4n) is 1.88. The Morgan fingerprint density at radius 3 is 2.32 bits per heavy atom. The first-order valence-corrected chi connectivity index (χ1v) is 7.21. The van der Waals surface area contributed by atoms with Crippen molar-refractivity contribution in [1.29, 1.82) is 0 Å². The number of carboxylic acid groups (broad SMARTS) is 1. The summed E-state index contributed by atoms with van der Waals surface area (Å²) < 4.78 is 0. The number of carboxylic acids is 1. The van der Waals surface area contributed by atoms with Crippen molar-refractivity contribution in [2.45, 2.75) is 32.6 Å². The zero-order chi connectivity index (χ0) is 14.3. The van der Waals surface area contributed by atoms with Crippen LogP contribution >= 0.6 is 23.2 Å². The minimum atomic E-state index is -0.798. The van der Waals surface area contributed by atoms with Crippen molar-refractivity contribution in [1.82, 2.24) is 0 Å². The number of carbonyl (C=O) groups is 1. The van der Waals surface area contributed by atoms with Crippen LogP contribution in [0.2, 0.25) is 10.0 Å². The van der Waals surface area contributed by atoms with Crippen molar-refractivity contribution in [3.63, 3.8) is 0 Å². The summed E-state index contributed by atoms with van der Waals surface area (Å²) in [7, 11) is 0. The Kier molecular flexibility index (Phi) is 7.03. The fraction of sp³-hybridized carbons (Fsp3) is 0.500. The highest BCUT2D eigenvalue weighted by atomic mass is 35.5. The summed E-state index contributed by atoms with van der Waals surface area (Å²) in [6.07, 6.45) is 3.39. The predicted molar refractivity (Wildman–Crippen MR) is 80.5 cm³/mol. The molecule has 0 saturated heterocycles. The summed E-state index contributed by atoms with van der Waals surface area (Å²) in [6, 6.07) is 5.32. The van der Waals surface area contributed by atoms with Gasteiger partial charge in [-0.3, -0.25) is 4.79 Å². The van der Waals surface area contributed by atoms with Crippen LogP contribution in [-0.4, -0.2) is 24.2 Å². The molecule has 0 heterocycles. The van der Waals surface area contributed by atoms with Crippen LogP contribution < -0.4 is 4.90 Å². The van der Waals surface area contributed by atoms with E-state index in [1.165, 1.54) is 0 Å². The SMILES string of the molecule is CCCCCN(CCC(=O)O)c1cc(Cl)cc(Cl)c1. The van der Waals surface area contributed by atoms with E-state index in [-0.39, 0.29) is 6.42 Å². The van der Waals surface area contributed by atoms with Crippen molar-refractivity contribution >= 4 is 34.9 Å². The lowest BCUT2D eigenvalue weighted by molar-refractivity contribution is -0.136. The van der Waals surface area contributed by atoms with Gasteiger partial charge in [0.05, 0.1) is 6.42 Å². The molecule has 0 amide bonds. The van der Waals surface area contributed by atoms with Crippen LogP contribution in [-0.2, 0) is 4.79 Å². The number of halogens is 2. The van der Waals surface area contributed by atoms with Crippen LogP contribution in [0.15, 0.2) is 18.2 Å². The summed E-state index contributed by atoms with van der Waals surface area (Å²) in [5.74, 6) is -0.798. The topological polar surface area (TPSA) is 40.5 Å². The van der Waals surface area contributed by atoms with Gasteiger partial charge in [-0.1, -0.05) is 43.0 Å². The van der Waals surface area contributed by atoms with E-state index in [1.807, 2.05) is 17.0 Å². The lowest BCUT2D eigenvalue weighted by atomic mass is 10.2. The highest BCUT2D eigenvalue weighted by Gasteiger charge is 2.10. The first kappa shape index (κ1) is 16.1. The number of hydrogen-bond donors (Lipinski definition) is 1. The summed E-state index contributed by atoms with van der Waals surface area (Å²) in [4.78, 5) is 12.7. The summed E-state index contributed by atoms with van der Waals surface area (Å²) in [5.41, 5.74) is 0.884. The van der Waals surface area contributed by atoms with E-state index in [0.717, 1.165) is 31.5 Å². The molecule has 0 fully saturated rings. The van der Waals surface area contributed by atoms with Crippen molar-refractivity contribution in [2.75, 3.05) is 18.0 Å². The molecule has 19 heavy (non-hydrogen) atoms. The maximum Gasteiger partial charge on any atom is 0.305 e. The third kappa shape index (κ3) is 6.17. The standard InChI is InChI=1S/C14H19Cl2NO2/c1-2-3-4-6-17(7-5-14(18)19)13-9-11(15)8-12(16)10-13/h8-10H,2-7H2,1H3,(H,18,19). The molecule has 0 spiro atoms. The Morgan fingerprint density at radius 2 is 1.79 bits per heavy atom. The zero-order valence-electron chi connectivity index (χ0n) is 11.0. The molecule has 0 saturated carbocycles. The number of anilines is 1. The van der Waals surface area contributed by atoms with Gasteiger partial charge in [0.25, 0.3) is 0 Å². The molecule has 0 unspecified atom stereocenters. The molecule has 1 N–H and O–H groups in total. The Hall–Kier alpha value is -0.930. The van der Waals surface area contributed by atoms with E-state index in [4.69, 9.17) is 28.3 Å². The summed E-state index contributed by atoms with van der Waals surface area (Å²) >= 11 is 12.0. The van der Waals surface area contributed by atoms with Gasteiger partial charge < -0.3 is 10.0 Å². The number of rotatable bonds is 8. The molecule has 0 atom stereocenters. The molecule has 1 aromatic rings. The zero-order valence-corrected chi connectivity index (χ0v) is 12.5. The first-order valence-electron chi connectivity index (χ1n) is 6.45. The van der Waals surface area contributed by atoms with E-state index in [2.05, 4.69) is 6.92 Å². The number of unbranched alkanes of at least 4 members (excludes halogenated alkanes) is 2. The van der Waals surface area contributed by atoms with E-state index in [1.54, 1.807) is 6.07 Å². The molecule has 3 nitrogen and oxygen atoms in total. The van der Waals surface area contributed by atoms with Crippen LogP contribution in [0.3, 0.4) is 0 Å². The molecule has 0 radical (unpaired) electrons. The molecule has 0 aromatic heterocycles. The van der Waals surface area contributed by atoms with Crippen molar-refractivity contribution in [3.05, 3.63) is 28.2 Å². The number of aliphatic carboxylic acids is 1. The third-order valence-corrected chi connectivity index (χ3v) is 3.28. The molecule has 1 aromatic carbocycles. The second kappa shape index (κ2) is 8.28. The van der Waals surface area contributed by atoms with E-state index in [0.29, 0.717) is 16.6 Å². The molecule has 0 aliphatic heterocycles. The Labute approximate surface area is 124 Å². The van der Waals surface area contributed by atoms with Gasteiger partial charge in [-0.2, -0.15) is 0 Å². The van der Waals surface area contributed by atoms with Gasteiger partial charge in [0.15, 0.2) is 0 Å². The highest BCUT2D eigenvalue weighted by molar-refractivity contribution is 6.35. The quantitative estimate of drug-likeness (QED) is 0.721. The van der Waals surface area contributed by atoms with Gasteiger partial charge in [-0.05, 0) is 24.6 Å². The van der Waals surface area contributed by atoms with Crippen molar-refractivity contribution in [2.24, 2.45) is 0 Å². The number of hydrogen-bond acceptors (Lipinski definition) is 2. The fourth-order valence-corrected chi connectivity index (χ4v) is 2.39. The average molecular weight is 304 g/mol. The molecule has 0 aliphatic rings. The van der Waals surface area contributed by atoms with Crippen LogP contribution in [0.25, 0.3) is 0 Å². The third-order valence-electron chi connectivity index (χ3n) is 2.84. The first-order chi connectivity index (χ1) is 9.02. The van der Waals surface area contributed by atoms with Crippen LogP contribution in [0, 0.1) is 0 Å². The maximum absolute atomic E-state index is 10.7. The molecule has 106 valence electrons. The normalized spacial score (nSPS) is 10.5. The largest absolute Gasteiger partial charge is 0.481 e. The van der Waals surface area contributed by atoms with Gasteiger partial charge in [-0.15, -0.1) is 0 Å². The van der Waals surface area contributed by atoms with E-state index in [9.17, 15) is 4.79 Å². The molecular weight excluding hydrogens is 285 g/mol. The summed E-state index contributed by atoms with van der Waals surface area (Å²) in [5, 5.41) is 9.95. The average Bonchev–Trinajstić information content (AvgIpc) is 2.32. The van der Waals surface area contributed by atoms with Crippen LogP contribution in [0.5, 0.6) is 0 Å². The molecule has 0 aliphatic carbocycles. The summed E-state index contributed by atoms with van der Waals surface area (Å²) in [6.45, 7) is 3.42. The van der Waals surface area contributed by atoms with Gasteiger partial charge in [0.1, 0.15) is 0 Å². The van der Waals surface area contributed by atoms with Crippen LogP contribution in [0.4, 0.5) is 5.69 Å². The maximum atomic E-state index is 10.7. The molecular formula is C14H19Cl2NO2. The minimum Gasteiger partial charge on any atom is -0.481 e. The Balaban J connectivity index is 2.77. The van der Waals surface area contributed by atoms with Gasteiger partial charge in [0, 0.05) is 28.8 Å².